The van der Waals surface area contributed by atoms with Crippen LogP contribution < -0.4 is 0 Å². The molecule has 0 aliphatic carbocycles. The van der Waals surface area contributed by atoms with Gasteiger partial charge in [0.2, 0.25) is 0 Å². The van der Waals surface area contributed by atoms with Crippen LogP contribution in [0.5, 0.6) is 0 Å². The van der Waals surface area contributed by atoms with Crippen LogP contribution in [-0.4, -0.2) is 21.3 Å². The summed E-state index contributed by atoms with van der Waals surface area (Å²) in [5, 5.41) is 9.84. The van der Waals surface area contributed by atoms with Gasteiger partial charge in [-0.2, -0.15) is 0 Å². The van der Waals surface area contributed by atoms with Gasteiger partial charge in [-0.1, -0.05) is 0 Å². The SMILES string of the molecule is CCOC(O)c1cncn1-c1ccc(F)cc1I. The van der Waals surface area contributed by atoms with Gasteiger partial charge in [-0.15, -0.1) is 0 Å². The molecule has 96 valence electrons. The van der Waals surface area contributed by atoms with Crippen molar-refractivity contribution in [2.75, 3.05) is 6.61 Å². The normalized spacial score (nSPS) is 12.7. The molecular formula is C12H12FIN2O2. The van der Waals surface area contributed by atoms with Crippen LogP contribution in [0.25, 0.3) is 5.69 Å². The summed E-state index contributed by atoms with van der Waals surface area (Å²) in [4.78, 5) is 3.99. The van der Waals surface area contributed by atoms with E-state index in [-0.39, 0.29) is 5.82 Å². The second kappa shape index (κ2) is 5.77. The lowest BCUT2D eigenvalue weighted by Crippen LogP contribution is -2.09. The molecule has 1 heterocycles. The molecule has 0 saturated carbocycles. The van der Waals surface area contributed by atoms with Gasteiger partial charge >= 0.3 is 0 Å². The molecule has 1 aromatic heterocycles. The molecule has 0 radical (unpaired) electrons. The fourth-order valence-electron chi connectivity index (χ4n) is 1.61. The maximum Gasteiger partial charge on any atom is 0.198 e. The Morgan fingerprint density at radius 2 is 2.33 bits per heavy atom. The van der Waals surface area contributed by atoms with Crippen LogP contribution >= 0.6 is 22.6 Å². The second-order valence-corrected chi connectivity index (χ2v) is 4.75. The zero-order valence-electron chi connectivity index (χ0n) is 9.68. The highest BCUT2D eigenvalue weighted by molar-refractivity contribution is 14.1. The van der Waals surface area contributed by atoms with Crippen molar-refractivity contribution in [3.8, 4) is 5.69 Å². The van der Waals surface area contributed by atoms with Gasteiger partial charge in [0.25, 0.3) is 0 Å². The van der Waals surface area contributed by atoms with E-state index in [0.717, 1.165) is 9.26 Å². The fourth-order valence-corrected chi connectivity index (χ4v) is 2.35. The number of hydrogen-bond acceptors (Lipinski definition) is 3. The largest absolute Gasteiger partial charge is 0.363 e. The van der Waals surface area contributed by atoms with Crippen LogP contribution in [0.4, 0.5) is 4.39 Å². The molecule has 0 amide bonds. The number of imidazole rings is 1. The number of ether oxygens (including phenoxy) is 1. The summed E-state index contributed by atoms with van der Waals surface area (Å²) in [6.07, 6.45) is 2.05. The number of halogens is 2. The van der Waals surface area contributed by atoms with E-state index in [9.17, 15) is 9.50 Å². The molecule has 0 aliphatic heterocycles. The van der Waals surface area contributed by atoms with Gasteiger partial charge in [0.05, 0.1) is 23.9 Å². The van der Waals surface area contributed by atoms with Crippen molar-refractivity contribution in [2.45, 2.75) is 13.2 Å². The topological polar surface area (TPSA) is 47.3 Å². The molecule has 0 saturated heterocycles. The van der Waals surface area contributed by atoms with Gasteiger partial charge in [-0.25, -0.2) is 9.37 Å². The maximum absolute atomic E-state index is 13.1. The molecule has 0 fully saturated rings. The van der Waals surface area contributed by atoms with E-state index >= 15 is 0 Å². The van der Waals surface area contributed by atoms with E-state index in [4.69, 9.17) is 4.74 Å². The van der Waals surface area contributed by atoms with E-state index in [1.54, 1.807) is 23.9 Å². The quantitative estimate of drug-likeness (QED) is 0.672. The standard InChI is InChI=1S/C12H12FIN2O2/c1-2-18-12(17)11-6-15-7-16(11)10-4-3-8(13)5-9(10)14/h3-7,12,17H,2H2,1H3. The molecule has 0 aliphatic rings. The van der Waals surface area contributed by atoms with Gasteiger partial charge in [0.1, 0.15) is 5.82 Å². The molecule has 18 heavy (non-hydrogen) atoms. The highest BCUT2D eigenvalue weighted by Crippen LogP contribution is 2.23. The van der Waals surface area contributed by atoms with Crippen molar-refractivity contribution in [3.63, 3.8) is 0 Å². The van der Waals surface area contributed by atoms with Crippen LogP contribution in [0.15, 0.2) is 30.7 Å². The van der Waals surface area contributed by atoms with Gasteiger partial charge in [-0.3, -0.25) is 4.57 Å². The van der Waals surface area contributed by atoms with Crippen molar-refractivity contribution < 1.29 is 14.2 Å². The van der Waals surface area contributed by atoms with E-state index in [2.05, 4.69) is 4.98 Å². The number of hydrogen-bond donors (Lipinski definition) is 1. The van der Waals surface area contributed by atoms with Crippen LogP contribution in [0.3, 0.4) is 0 Å². The summed E-state index contributed by atoms with van der Waals surface area (Å²) in [6, 6.07) is 4.43. The molecular weight excluding hydrogens is 350 g/mol. The van der Waals surface area contributed by atoms with Crippen LogP contribution in [0.2, 0.25) is 0 Å². The monoisotopic (exact) mass is 362 g/mol. The van der Waals surface area contributed by atoms with Gasteiger partial charge in [0.15, 0.2) is 6.29 Å². The Hall–Kier alpha value is -0.990. The second-order valence-electron chi connectivity index (χ2n) is 3.59. The number of aliphatic hydroxyl groups excluding tert-OH is 1. The summed E-state index contributed by atoms with van der Waals surface area (Å²) in [6.45, 7) is 2.19. The van der Waals surface area contributed by atoms with Crippen molar-refractivity contribution in [2.24, 2.45) is 0 Å². The maximum atomic E-state index is 13.1. The minimum Gasteiger partial charge on any atom is -0.363 e. The molecule has 0 bridgehead atoms. The third-order valence-electron chi connectivity index (χ3n) is 2.41. The molecule has 6 heteroatoms. The number of aliphatic hydroxyl groups is 1. The molecule has 0 spiro atoms. The van der Waals surface area contributed by atoms with E-state index in [0.29, 0.717) is 12.3 Å². The first-order chi connectivity index (χ1) is 8.63. The van der Waals surface area contributed by atoms with E-state index in [1.807, 2.05) is 22.6 Å². The first-order valence-corrected chi connectivity index (χ1v) is 6.48. The third kappa shape index (κ3) is 2.70. The van der Waals surface area contributed by atoms with Crippen LogP contribution in [0, 0.1) is 9.39 Å². The molecule has 4 nitrogen and oxygen atoms in total. The lowest BCUT2D eigenvalue weighted by Gasteiger charge is -2.14. The van der Waals surface area contributed by atoms with Crippen LogP contribution in [-0.2, 0) is 4.74 Å². The van der Waals surface area contributed by atoms with Crippen molar-refractivity contribution >= 4 is 22.6 Å². The van der Waals surface area contributed by atoms with Crippen molar-refractivity contribution in [1.82, 2.24) is 9.55 Å². The summed E-state index contributed by atoms with van der Waals surface area (Å²) < 4.78 is 20.6. The molecule has 1 N–H and O–H groups in total. The smallest absolute Gasteiger partial charge is 0.198 e. The number of aromatic nitrogens is 2. The Kier molecular flexibility index (Phi) is 4.31. The Bertz CT molecular complexity index is 545. The predicted molar refractivity (Wildman–Crippen MR) is 72.8 cm³/mol. The molecule has 1 unspecified atom stereocenters. The lowest BCUT2D eigenvalue weighted by molar-refractivity contribution is -0.102. The summed E-state index contributed by atoms with van der Waals surface area (Å²) in [7, 11) is 0. The third-order valence-corrected chi connectivity index (χ3v) is 3.28. The summed E-state index contributed by atoms with van der Waals surface area (Å²) in [5.41, 5.74) is 1.27. The average molecular weight is 362 g/mol. The zero-order valence-corrected chi connectivity index (χ0v) is 11.8. The molecule has 2 aromatic rings. The van der Waals surface area contributed by atoms with E-state index < -0.39 is 6.29 Å². The summed E-state index contributed by atoms with van der Waals surface area (Å²) in [5.74, 6) is -0.296. The molecule has 1 atom stereocenters. The lowest BCUT2D eigenvalue weighted by atomic mass is 10.3. The molecule has 2 rings (SSSR count). The molecule has 1 aromatic carbocycles. The van der Waals surface area contributed by atoms with Gasteiger partial charge in [-0.05, 0) is 47.7 Å². The fraction of sp³-hybridized carbons (Fsp3) is 0.250. The predicted octanol–water partition coefficient (Wildman–Crippen LogP) is 2.64. The van der Waals surface area contributed by atoms with Crippen molar-refractivity contribution in [1.29, 1.82) is 0 Å². The number of benzene rings is 1. The Labute approximate surface area is 118 Å². The number of rotatable bonds is 4. The summed E-state index contributed by atoms with van der Waals surface area (Å²) >= 11 is 2.04. The number of nitrogens with zero attached hydrogens (tertiary/aromatic N) is 2. The Morgan fingerprint density at radius 3 is 3.00 bits per heavy atom. The Morgan fingerprint density at radius 1 is 1.56 bits per heavy atom. The minimum absolute atomic E-state index is 0.296. The van der Waals surface area contributed by atoms with Crippen molar-refractivity contribution in [3.05, 3.63) is 45.8 Å². The van der Waals surface area contributed by atoms with Crippen LogP contribution in [0.1, 0.15) is 18.9 Å². The van der Waals surface area contributed by atoms with Gasteiger partial charge in [0, 0.05) is 10.2 Å². The first-order valence-electron chi connectivity index (χ1n) is 5.40. The Balaban J connectivity index is 2.42. The van der Waals surface area contributed by atoms with Gasteiger partial charge < -0.3 is 9.84 Å². The minimum atomic E-state index is -1.04. The highest BCUT2D eigenvalue weighted by atomic mass is 127. The highest BCUT2D eigenvalue weighted by Gasteiger charge is 2.15. The average Bonchev–Trinajstić information content (AvgIpc) is 2.78. The van der Waals surface area contributed by atoms with E-state index in [1.165, 1.54) is 18.3 Å². The zero-order chi connectivity index (χ0) is 13.1. The first kappa shape index (κ1) is 13.4.